The number of hydrogen-bond donors (Lipinski definition) is 0. The molecular weight excluding hydrogens is 528 g/mol. The molecule has 1 aromatic heterocycles. The Balaban J connectivity index is 1.55. The number of aryl methyl sites for hydroxylation is 1. The third kappa shape index (κ3) is 5.45. The van der Waals surface area contributed by atoms with Crippen LogP contribution in [-0.4, -0.2) is 47.3 Å². The Hall–Kier alpha value is -5.42. The number of aromatic nitrogens is 2. The predicted octanol–water partition coefficient (Wildman–Crippen LogP) is 5.70. The number of ether oxygens (including phenoxy) is 2. The maximum Gasteiger partial charge on any atom is 0.271 e. The zero-order valence-electron chi connectivity index (χ0n) is 23.9. The van der Waals surface area contributed by atoms with Gasteiger partial charge >= 0.3 is 0 Å². The standard InChI is InChI=1S/C34H30N4O4/c1-22-10-13-25(14-11-22)32-26(21-38(36-32)27-8-6-5-7-9-27)19-28-23(2)29(20-35)34(40)37(33(28)39)17-16-24-12-15-30(41-3)31(18-24)42-4/h5-15,18-19,21H,16-17H2,1-4H3/b28-19-. The van der Waals surface area contributed by atoms with E-state index in [1.54, 1.807) is 38.0 Å². The number of nitrogens with zero attached hydrogens (tertiary/aromatic N) is 4. The van der Waals surface area contributed by atoms with Crippen molar-refractivity contribution in [1.29, 1.82) is 5.26 Å². The van der Waals surface area contributed by atoms with E-state index in [0.717, 1.165) is 27.3 Å². The second kappa shape index (κ2) is 12.0. The van der Waals surface area contributed by atoms with Crippen LogP contribution in [0.4, 0.5) is 0 Å². The third-order valence-electron chi connectivity index (χ3n) is 7.29. The second-order valence-corrected chi connectivity index (χ2v) is 9.95. The Kier molecular flexibility index (Phi) is 8.02. The number of amides is 2. The first-order valence-corrected chi connectivity index (χ1v) is 13.5. The molecule has 8 nitrogen and oxygen atoms in total. The molecule has 0 bridgehead atoms. The van der Waals surface area contributed by atoms with Gasteiger partial charge in [-0.25, -0.2) is 4.68 Å². The van der Waals surface area contributed by atoms with Crippen molar-refractivity contribution in [3.05, 3.63) is 112 Å². The highest BCUT2D eigenvalue weighted by atomic mass is 16.5. The van der Waals surface area contributed by atoms with E-state index in [0.29, 0.717) is 34.8 Å². The van der Waals surface area contributed by atoms with Crippen molar-refractivity contribution >= 4 is 17.9 Å². The average Bonchev–Trinajstić information content (AvgIpc) is 3.44. The summed E-state index contributed by atoms with van der Waals surface area (Å²) in [5.74, 6) is 0.0809. The Labute approximate surface area is 244 Å². The number of rotatable bonds is 8. The topological polar surface area (TPSA) is 97.5 Å². The number of benzene rings is 3. The van der Waals surface area contributed by atoms with Crippen molar-refractivity contribution in [3.8, 4) is 34.5 Å². The van der Waals surface area contributed by atoms with Crippen LogP contribution < -0.4 is 9.47 Å². The Morgan fingerprint density at radius 1 is 0.905 bits per heavy atom. The molecule has 1 aliphatic heterocycles. The molecule has 0 unspecified atom stereocenters. The van der Waals surface area contributed by atoms with Gasteiger partial charge in [0.15, 0.2) is 11.5 Å². The second-order valence-electron chi connectivity index (χ2n) is 9.95. The lowest BCUT2D eigenvalue weighted by molar-refractivity contribution is -0.140. The average molecular weight is 559 g/mol. The Morgan fingerprint density at radius 2 is 1.62 bits per heavy atom. The molecule has 2 heterocycles. The molecule has 8 heteroatoms. The van der Waals surface area contributed by atoms with Crippen LogP contribution in [0, 0.1) is 18.3 Å². The number of methoxy groups -OCH3 is 2. The Morgan fingerprint density at radius 3 is 2.29 bits per heavy atom. The number of nitriles is 1. The molecule has 0 atom stereocenters. The van der Waals surface area contributed by atoms with Gasteiger partial charge in [-0.2, -0.15) is 10.4 Å². The third-order valence-corrected chi connectivity index (χ3v) is 7.29. The van der Waals surface area contributed by atoms with Crippen molar-refractivity contribution in [2.45, 2.75) is 20.3 Å². The summed E-state index contributed by atoms with van der Waals surface area (Å²) in [6.45, 7) is 3.75. The summed E-state index contributed by atoms with van der Waals surface area (Å²) in [6, 6.07) is 25.1. The molecule has 5 rings (SSSR count). The van der Waals surface area contributed by atoms with Gasteiger partial charge in [0.2, 0.25) is 0 Å². The molecule has 42 heavy (non-hydrogen) atoms. The summed E-state index contributed by atoms with van der Waals surface area (Å²) in [6.07, 6.45) is 3.96. The highest BCUT2D eigenvalue weighted by Crippen LogP contribution is 2.32. The lowest BCUT2D eigenvalue weighted by Crippen LogP contribution is -2.43. The number of para-hydroxylation sites is 1. The van der Waals surface area contributed by atoms with Crippen molar-refractivity contribution in [2.24, 2.45) is 0 Å². The summed E-state index contributed by atoms with van der Waals surface area (Å²) < 4.78 is 12.5. The van der Waals surface area contributed by atoms with Gasteiger partial charge in [0.05, 0.1) is 25.6 Å². The van der Waals surface area contributed by atoms with Crippen LogP contribution >= 0.6 is 0 Å². The SMILES string of the molecule is COc1ccc(CCN2C(=O)C(C#N)=C(C)/C(=C/c3cn(-c4ccccc4)nc3-c3ccc(C)cc3)C2=O)cc1OC. The molecular formula is C34H30N4O4. The molecule has 0 fully saturated rings. The fraction of sp³-hybridized carbons (Fsp3) is 0.176. The number of carbonyl (C=O) groups excluding carboxylic acids is 2. The van der Waals surface area contributed by atoms with Gasteiger partial charge in [-0.3, -0.25) is 14.5 Å². The molecule has 0 spiro atoms. The van der Waals surface area contributed by atoms with Gasteiger partial charge in [0, 0.05) is 29.4 Å². The minimum absolute atomic E-state index is 0.0551. The van der Waals surface area contributed by atoms with E-state index in [1.807, 2.05) is 85.9 Å². The molecule has 0 radical (unpaired) electrons. The first-order chi connectivity index (χ1) is 20.3. The van der Waals surface area contributed by atoms with Gasteiger partial charge in [-0.05, 0) is 61.7 Å². The van der Waals surface area contributed by atoms with E-state index in [4.69, 9.17) is 14.6 Å². The minimum atomic E-state index is -0.601. The van der Waals surface area contributed by atoms with Crippen LogP contribution in [-0.2, 0) is 16.0 Å². The van der Waals surface area contributed by atoms with Crippen LogP contribution in [0.5, 0.6) is 11.5 Å². The predicted molar refractivity (Wildman–Crippen MR) is 160 cm³/mol. The molecule has 210 valence electrons. The summed E-state index contributed by atoms with van der Waals surface area (Å²) in [7, 11) is 3.11. The maximum atomic E-state index is 13.8. The summed E-state index contributed by atoms with van der Waals surface area (Å²) in [5.41, 5.74) is 5.66. The minimum Gasteiger partial charge on any atom is -0.493 e. The summed E-state index contributed by atoms with van der Waals surface area (Å²) in [5, 5.41) is 14.8. The number of imide groups is 1. The van der Waals surface area contributed by atoms with Gasteiger partial charge in [-0.15, -0.1) is 0 Å². The molecule has 0 saturated heterocycles. The van der Waals surface area contributed by atoms with E-state index in [9.17, 15) is 14.9 Å². The lowest BCUT2D eigenvalue weighted by Gasteiger charge is -2.27. The largest absolute Gasteiger partial charge is 0.493 e. The van der Waals surface area contributed by atoms with Gasteiger partial charge in [0.25, 0.3) is 11.8 Å². The van der Waals surface area contributed by atoms with Crippen LogP contribution in [0.3, 0.4) is 0 Å². The van der Waals surface area contributed by atoms with Crippen LogP contribution in [0.1, 0.15) is 23.6 Å². The normalized spacial score (nSPS) is 14.4. The summed E-state index contributed by atoms with van der Waals surface area (Å²) >= 11 is 0. The van der Waals surface area contributed by atoms with Crippen LogP contribution in [0.25, 0.3) is 23.0 Å². The lowest BCUT2D eigenvalue weighted by atomic mass is 9.93. The van der Waals surface area contributed by atoms with E-state index < -0.39 is 11.8 Å². The highest BCUT2D eigenvalue weighted by Gasteiger charge is 2.35. The van der Waals surface area contributed by atoms with E-state index in [2.05, 4.69) is 0 Å². The molecule has 0 saturated carbocycles. The zero-order valence-corrected chi connectivity index (χ0v) is 23.9. The maximum absolute atomic E-state index is 13.8. The van der Waals surface area contributed by atoms with Crippen LogP contribution in [0.2, 0.25) is 0 Å². The summed E-state index contributed by atoms with van der Waals surface area (Å²) in [4.78, 5) is 28.3. The quantitative estimate of drug-likeness (QED) is 0.203. The Bertz CT molecular complexity index is 1760. The number of carbonyl (C=O) groups is 2. The molecule has 4 aromatic rings. The fourth-order valence-electron chi connectivity index (χ4n) is 4.91. The van der Waals surface area contributed by atoms with E-state index in [-0.39, 0.29) is 17.7 Å². The molecule has 1 aliphatic rings. The molecule has 3 aromatic carbocycles. The van der Waals surface area contributed by atoms with Crippen molar-refractivity contribution < 1.29 is 19.1 Å². The zero-order chi connectivity index (χ0) is 29.8. The van der Waals surface area contributed by atoms with Gasteiger partial charge in [0.1, 0.15) is 11.6 Å². The van der Waals surface area contributed by atoms with Crippen LogP contribution in [0.15, 0.2) is 95.7 Å². The fourth-order valence-corrected chi connectivity index (χ4v) is 4.91. The van der Waals surface area contributed by atoms with Gasteiger partial charge < -0.3 is 9.47 Å². The van der Waals surface area contributed by atoms with E-state index >= 15 is 0 Å². The molecule has 0 N–H and O–H groups in total. The van der Waals surface area contributed by atoms with Crippen molar-refractivity contribution in [2.75, 3.05) is 20.8 Å². The van der Waals surface area contributed by atoms with Gasteiger partial charge in [-0.1, -0.05) is 54.1 Å². The molecule has 2 amide bonds. The monoisotopic (exact) mass is 558 g/mol. The number of hydrogen-bond acceptors (Lipinski definition) is 6. The van der Waals surface area contributed by atoms with Crippen molar-refractivity contribution in [3.63, 3.8) is 0 Å². The highest BCUT2D eigenvalue weighted by molar-refractivity contribution is 6.19. The molecule has 0 aliphatic carbocycles. The van der Waals surface area contributed by atoms with Crippen molar-refractivity contribution in [1.82, 2.24) is 14.7 Å². The smallest absolute Gasteiger partial charge is 0.271 e. The first-order valence-electron chi connectivity index (χ1n) is 13.5. The first kappa shape index (κ1) is 28.1. The van der Waals surface area contributed by atoms with E-state index in [1.165, 1.54) is 0 Å².